The average molecular weight is 348 g/mol. The third-order valence-electron chi connectivity index (χ3n) is 3.81. The van der Waals surface area contributed by atoms with E-state index in [4.69, 9.17) is 0 Å². The number of carbonyl (C=O) groups is 1. The van der Waals surface area contributed by atoms with Crippen molar-refractivity contribution in [3.63, 3.8) is 0 Å². The highest BCUT2D eigenvalue weighted by molar-refractivity contribution is 5.94. The van der Waals surface area contributed by atoms with Gasteiger partial charge in [0.25, 0.3) is 5.91 Å². The van der Waals surface area contributed by atoms with E-state index >= 15 is 0 Å². The second-order valence-electron chi connectivity index (χ2n) is 6.43. The van der Waals surface area contributed by atoms with E-state index < -0.39 is 6.04 Å². The molecule has 3 rings (SSSR count). The SMILES string of the molecule is CC(C)Cn1cc(C(=O)N[C@@H](C#N)c2cnn(-c3ccccc3)c2)cn1. The van der Waals surface area contributed by atoms with Crippen molar-refractivity contribution in [1.29, 1.82) is 5.26 Å². The van der Waals surface area contributed by atoms with Crippen LogP contribution in [0.2, 0.25) is 0 Å². The first-order valence-electron chi connectivity index (χ1n) is 8.39. The highest BCUT2D eigenvalue weighted by Gasteiger charge is 2.18. The number of aromatic nitrogens is 4. The Hall–Kier alpha value is -3.40. The predicted molar refractivity (Wildman–Crippen MR) is 96.4 cm³/mol. The van der Waals surface area contributed by atoms with Gasteiger partial charge in [-0.3, -0.25) is 9.48 Å². The fraction of sp³-hybridized carbons (Fsp3) is 0.263. The van der Waals surface area contributed by atoms with Crippen LogP contribution < -0.4 is 5.32 Å². The van der Waals surface area contributed by atoms with Gasteiger partial charge in [0.1, 0.15) is 6.04 Å². The van der Waals surface area contributed by atoms with Crippen molar-refractivity contribution in [3.05, 3.63) is 66.2 Å². The number of amides is 1. The zero-order valence-electron chi connectivity index (χ0n) is 14.7. The number of hydrogen-bond acceptors (Lipinski definition) is 4. The molecule has 26 heavy (non-hydrogen) atoms. The van der Waals surface area contributed by atoms with Gasteiger partial charge in [-0.2, -0.15) is 15.5 Å². The van der Waals surface area contributed by atoms with E-state index in [1.165, 1.54) is 6.20 Å². The third kappa shape index (κ3) is 3.98. The summed E-state index contributed by atoms with van der Waals surface area (Å²) in [6.07, 6.45) is 6.53. The maximum atomic E-state index is 12.4. The zero-order chi connectivity index (χ0) is 18.5. The Balaban J connectivity index is 1.72. The van der Waals surface area contributed by atoms with Crippen molar-refractivity contribution in [2.45, 2.75) is 26.4 Å². The first kappa shape index (κ1) is 17.4. The van der Waals surface area contributed by atoms with Crippen molar-refractivity contribution in [3.8, 4) is 11.8 Å². The van der Waals surface area contributed by atoms with Gasteiger partial charge in [-0.25, -0.2) is 4.68 Å². The number of nitriles is 1. The van der Waals surface area contributed by atoms with Crippen LogP contribution in [0.5, 0.6) is 0 Å². The number of nitrogens with zero attached hydrogens (tertiary/aromatic N) is 5. The van der Waals surface area contributed by atoms with E-state index in [1.807, 2.05) is 30.3 Å². The molecule has 0 spiro atoms. The van der Waals surface area contributed by atoms with Gasteiger partial charge in [0.15, 0.2) is 0 Å². The van der Waals surface area contributed by atoms with Gasteiger partial charge in [0.05, 0.1) is 29.7 Å². The molecule has 1 amide bonds. The van der Waals surface area contributed by atoms with E-state index in [0.29, 0.717) is 17.0 Å². The van der Waals surface area contributed by atoms with Gasteiger partial charge in [-0.15, -0.1) is 0 Å². The quantitative estimate of drug-likeness (QED) is 0.742. The molecule has 0 aliphatic heterocycles. The fourth-order valence-electron chi connectivity index (χ4n) is 2.57. The minimum Gasteiger partial charge on any atom is -0.332 e. The molecule has 0 saturated heterocycles. The van der Waals surface area contributed by atoms with Crippen LogP contribution in [-0.2, 0) is 6.54 Å². The van der Waals surface area contributed by atoms with E-state index in [0.717, 1.165) is 12.2 Å². The van der Waals surface area contributed by atoms with Crippen molar-refractivity contribution in [1.82, 2.24) is 24.9 Å². The van der Waals surface area contributed by atoms with Crippen LogP contribution in [0.1, 0.15) is 35.8 Å². The third-order valence-corrected chi connectivity index (χ3v) is 3.81. The average Bonchev–Trinajstić information content (AvgIpc) is 3.29. The van der Waals surface area contributed by atoms with Gasteiger partial charge < -0.3 is 5.32 Å². The Morgan fingerprint density at radius 2 is 1.96 bits per heavy atom. The second-order valence-corrected chi connectivity index (χ2v) is 6.43. The monoisotopic (exact) mass is 348 g/mol. The maximum Gasteiger partial charge on any atom is 0.255 e. The molecule has 1 N–H and O–H groups in total. The van der Waals surface area contributed by atoms with Crippen molar-refractivity contribution < 1.29 is 4.79 Å². The standard InChI is InChI=1S/C19H20N6O/c1-14(2)11-24-12-16(10-21-24)19(26)23-18(8-20)15-9-22-25(13-15)17-6-4-3-5-7-17/h3-7,9-10,12-14,18H,11H2,1-2H3,(H,23,26)/t18-/m0/s1. The van der Waals surface area contributed by atoms with Crippen LogP contribution in [-0.4, -0.2) is 25.5 Å². The van der Waals surface area contributed by atoms with Crippen LogP contribution in [0.3, 0.4) is 0 Å². The summed E-state index contributed by atoms with van der Waals surface area (Å²) in [6, 6.07) is 10.9. The van der Waals surface area contributed by atoms with Crippen molar-refractivity contribution >= 4 is 5.91 Å². The van der Waals surface area contributed by atoms with E-state index in [2.05, 4.69) is 35.4 Å². The Kier molecular flexibility index (Phi) is 5.13. The van der Waals surface area contributed by atoms with E-state index in [-0.39, 0.29) is 5.91 Å². The number of hydrogen-bond donors (Lipinski definition) is 1. The number of benzene rings is 1. The summed E-state index contributed by atoms with van der Waals surface area (Å²) in [5.41, 5.74) is 1.94. The number of nitrogens with one attached hydrogen (secondary N) is 1. The highest BCUT2D eigenvalue weighted by atomic mass is 16.1. The van der Waals surface area contributed by atoms with Gasteiger partial charge in [0.2, 0.25) is 0 Å². The lowest BCUT2D eigenvalue weighted by Crippen LogP contribution is -2.27. The molecular formula is C19H20N6O. The molecule has 0 aliphatic rings. The lowest BCUT2D eigenvalue weighted by molar-refractivity contribution is 0.0945. The minimum atomic E-state index is -0.784. The summed E-state index contributed by atoms with van der Waals surface area (Å²) in [7, 11) is 0. The molecule has 0 aliphatic carbocycles. The Bertz CT molecular complexity index is 919. The van der Waals surface area contributed by atoms with Gasteiger partial charge in [-0.05, 0) is 18.1 Å². The first-order valence-corrected chi connectivity index (χ1v) is 8.39. The van der Waals surface area contributed by atoms with Crippen LogP contribution in [0.15, 0.2) is 55.1 Å². The minimum absolute atomic E-state index is 0.334. The van der Waals surface area contributed by atoms with Crippen LogP contribution in [0.4, 0.5) is 0 Å². The Labute approximate surface area is 151 Å². The fourth-order valence-corrected chi connectivity index (χ4v) is 2.57. The molecule has 2 heterocycles. The molecule has 0 bridgehead atoms. The van der Waals surface area contributed by atoms with Crippen molar-refractivity contribution in [2.75, 3.05) is 0 Å². The zero-order valence-corrected chi connectivity index (χ0v) is 14.7. The predicted octanol–water partition coefficient (Wildman–Crippen LogP) is 2.72. The first-order chi connectivity index (χ1) is 12.6. The smallest absolute Gasteiger partial charge is 0.255 e. The molecule has 1 aromatic carbocycles. The van der Waals surface area contributed by atoms with Gasteiger partial charge in [-0.1, -0.05) is 32.0 Å². The summed E-state index contributed by atoms with van der Waals surface area (Å²) in [6.45, 7) is 4.90. The molecule has 0 radical (unpaired) electrons. The lowest BCUT2D eigenvalue weighted by atomic mass is 10.1. The van der Waals surface area contributed by atoms with E-state index in [1.54, 1.807) is 28.0 Å². The largest absolute Gasteiger partial charge is 0.332 e. The topological polar surface area (TPSA) is 88.5 Å². The molecule has 3 aromatic rings. The number of carbonyl (C=O) groups excluding carboxylic acids is 1. The summed E-state index contributed by atoms with van der Waals surface area (Å²) in [5, 5.41) is 20.6. The van der Waals surface area contributed by atoms with E-state index in [9.17, 15) is 10.1 Å². The summed E-state index contributed by atoms with van der Waals surface area (Å²) in [5.74, 6) is 0.0977. The molecule has 0 fully saturated rings. The van der Waals surface area contributed by atoms with Gasteiger partial charge >= 0.3 is 0 Å². The summed E-state index contributed by atoms with van der Waals surface area (Å²) >= 11 is 0. The second kappa shape index (κ2) is 7.66. The summed E-state index contributed by atoms with van der Waals surface area (Å²) < 4.78 is 3.40. The molecule has 2 aromatic heterocycles. The molecule has 1 atom stereocenters. The van der Waals surface area contributed by atoms with Crippen molar-refractivity contribution in [2.24, 2.45) is 5.92 Å². The molecule has 7 heteroatoms. The normalized spacial score (nSPS) is 11.9. The maximum absolute atomic E-state index is 12.4. The van der Waals surface area contributed by atoms with Crippen LogP contribution >= 0.6 is 0 Å². The Morgan fingerprint density at radius 3 is 2.65 bits per heavy atom. The number of rotatable bonds is 6. The molecule has 132 valence electrons. The molecule has 7 nitrogen and oxygen atoms in total. The van der Waals surface area contributed by atoms with Crippen LogP contribution in [0, 0.1) is 17.2 Å². The molecule has 0 unspecified atom stereocenters. The lowest BCUT2D eigenvalue weighted by Gasteiger charge is -2.08. The molecular weight excluding hydrogens is 328 g/mol. The summed E-state index contributed by atoms with van der Waals surface area (Å²) in [4.78, 5) is 12.4. The van der Waals surface area contributed by atoms with Gasteiger partial charge in [0, 0.05) is 24.5 Å². The Morgan fingerprint density at radius 1 is 1.19 bits per heavy atom. The van der Waals surface area contributed by atoms with Crippen LogP contribution in [0.25, 0.3) is 5.69 Å². The highest BCUT2D eigenvalue weighted by Crippen LogP contribution is 2.15. The number of para-hydroxylation sites is 1. The molecule has 0 saturated carbocycles.